The Bertz CT molecular complexity index is 1160. The van der Waals surface area contributed by atoms with Gasteiger partial charge in [0.25, 0.3) is 0 Å². The number of rotatable bonds is 55. The third-order valence-electron chi connectivity index (χ3n) is 13.7. The van der Waals surface area contributed by atoms with Crippen LogP contribution in [0.3, 0.4) is 0 Å². The molecule has 404 valence electrons. The largest absolute Gasteiger partial charge is 0.472 e. The van der Waals surface area contributed by atoms with Gasteiger partial charge in [0.05, 0.1) is 39.9 Å². The van der Waals surface area contributed by atoms with E-state index in [-0.39, 0.29) is 19.1 Å². The fourth-order valence-corrected chi connectivity index (χ4v) is 9.74. The fraction of sp³-hybridized carbons (Fsp3) is 0.915. The molecule has 0 saturated heterocycles. The Morgan fingerprint density at radius 3 is 1.18 bits per heavy atom. The van der Waals surface area contributed by atoms with Crippen LogP contribution in [0.25, 0.3) is 0 Å². The number of carbonyl (C=O) groups is 1. The maximum atomic E-state index is 12.9. The molecule has 0 saturated carbocycles. The van der Waals surface area contributed by atoms with Crippen LogP contribution in [0.1, 0.15) is 296 Å². The molecule has 0 aliphatic heterocycles. The van der Waals surface area contributed by atoms with Crippen LogP contribution in [-0.4, -0.2) is 73.4 Å². The molecule has 0 aromatic carbocycles. The van der Waals surface area contributed by atoms with E-state index in [4.69, 9.17) is 9.05 Å². The fourth-order valence-electron chi connectivity index (χ4n) is 9.00. The van der Waals surface area contributed by atoms with E-state index in [0.717, 1.165) is 38.5 Å². The van der Waals surface area contributed by atoms with Crippen molar-refractivity contribution < 1.29 is 32.9 Å². The summed E-state index contributed by atoms with van der Waals surface area (Å²) in [6.07, 6.45) is 64.6. The van der Waals surface area contributed by atoms with Gasteiger partial charge in [-0.2, -0.15) is 0 Å². The number of hydrogen-bond donors (Lipinski definition) is 3. The highest BCUT2D eigenvalue weighted by molar-refractivity contribution is 7.47. The van der Waals surface area contributed by atoms with Crippen LogP contribution in [0.2, 0.25) is 0 Å². The van der Waals surface area contributed by atoms with Crippen LogP contribution >= 0.6 is 7.82 Å². The minimum atomic E-state index is -4.35. The lowest BCUT2D eigenvalue weighted by Crippen LogP contribution is -2.45. The van der Waals surface area contributed by atoms with Crippen LogP contribution in [0.15, 0.2) is 24.3 Å². The second-order valence-corrected chi connectivity index (χ2v) is 23.2. The van der Waals surface area contributed by atoms with Gasteiger partial charge < -0.3 is 19.8 Å². The minimum Gasteiger partial charge on any atom is -0.387 e. The van der Waals surface area contributed by atoms with Gasteiger partial charge in [0.15, 0.2) is 0 Å². The Labute approximate surface area is 424 Å². The molecular weight excluding hydrogens is 864 g/mol. The number of phosphoric acid groups is 1. The van der Waals surface area contributed by atoms with E-state index in [9.17, 15) is 19.4 Å². The van der Waals surface area contributed by atoms with Crippen molar-refractivity contribution in [3.63, 3.8) is 0 Å². The number of phosphoric ester groups is 1. The Kier molecular flexibility index (Phi) is 50.1. The molecule has 68 heavy (non-hydrogen) atoms. The summed E-state index contributed by atoms with van der Waals surface area (Å²) in [5.74, 6) is -0.182. The summed E-state index contributed by atoms with van der Waals surface area (Å²) in [6, 6.07) is -0.859. The molecule has 0 heterocycles. The second kappa shape index (κ2) is 50.9. The number of unbranched alkanes of at least 4 members (excludes halogenated alkanes) is 40. The molecule has 0 radical (unpaired) electrons. The van der Waals surface area contributed by atoms with Crippen molar-refractivity contribution >= 4 is 13.7 Å². The molecule has 0 aromatic rings. The molecule has 3 N–H and O–H groups in total. The molecule has 3 atom stereocenters. The van der Waals surface area contributed by atoms with E-state index in [2.05, 4.69) is 31.3 Å². The predicted molar refractivity (Wildman–Crippen MR) is 295 cm³/mol. The van der Waals surface area contributed by atoms with E-state index in [0.29, 0.717) is 17.4 Å². The van der Waals surface area contributed by atoms with Gasteiger partial charge in [0.2, 0.25) is 5.91 Å². The van der Waals surface area contributed by atoms with Gasteiger partial charge in [-0.15, -0.1) is 0 Å². The van der Waals surface area contributed by atoms with E-state index >= 15 is 0 Å². The van der Waals surface area contributed by atoms with E-state index in [1.807, 2.05) is 27.2 Å². The Morgan fingerprint density at radius 2 is 0.809 bits per heavy atom. The number of aliphatic hydroxyl groups excluding tert-OH is 1. The number of carbonyl (C=O) groups excluding carboxylic acids is 1. The van der Waals surface area contributed by atoms with Crippen LogP contribution in [-0.2, 0) is 18.4 Å². The zero-order valence-corrected chi connectivity index (χ0v) is 47.0. The highest BCUT2D eigenvalue weighted by Crippen LogP contribution is 2.43. The highest BCUT2D eigenvalue weighted by atomic mass is 31.2. The molecule has 8 nitrogen and oxygen atoms in total. The van der Waals surface area contributed by atoms with Crippen molar-refractivity contribution in [3.8, 4) is 0 Å². The Balaban J connectivity index is 3.97. The first kappa shape index (κ1) is 67.0. The number of nitrogens with one attached hydrogen (secondary N) is 1. The van der Waals surface area contributed by atoms with Gasteiger partial charge >= 0.3 is 7.82 Å². The lowest BCUT2D eigenvalue weighted by Gasteiger charge is -2.25. The molecule has 0 aromatic heterocycles. The maximum Gasteiger partial charge on any atom is 0.472 e. The molecule has 9 heteroatoms. The van der Waals surface area contributed by atoms with E-state index in [1.165, 1.54) is 238 Å². The highest BCUT2D eigenvalue weighted by Gasteiger charge is 2.27. The van der Waals surface area contributed by atoms with Gasteiger partial charge in [0.1, 0.15) is 13.2 Å². The van der Waals surface area contributed by atoms with Crippen LogP contribution in [0, 0.1) is 0 Å². The van der Waals surface area contributed by atoms with Gasteiger partial charge in [-0.3, -0.25) is 13.8 Å². The van der Waals surface area contributed by atoms with Gasteiger partial charge in [-0.05, 0) is 32.1 Å². The predicted octanol–water partition coefficient (Wildman–Crippen LogP) is 18.0. The van der Waals surface area contributed by atoms with E-state index in [1.54, 1.807) is 6.08 Å². The number of amides is 1. The van der Waals surface area contributed by atoms with Gasteiger partial charge in [-0.1, -0.05) is 282 Å². The summed E-state index contributed by atoms with van der Waals surface area (Å²) in [5, 5.41) is 13.9. The molecule has 0 fully saturated rings. The molecule has 0 bridgehead atoms. The SMILES string of the molecule is CCCCCCCCC/C=C/CC/C=C/C(O)C(COP(=O)(O)OCC[N+](C)(C)C)NC(=O)CCCCCCCCCCCCCCCCCCCCCCCCCCCCCCCCCCC. The molecule has 0 spiro atoms. The summed E-state index contributed by atoms with van der Waals surface area (Å²) >= 11 is 0. The van der Waals surface area contributed by atoms with E-state index < -0.39 is 20.0 Å². The molecule has 0 rings (SSSR count). The lowest BCUT2D eigenvalue weighted by molar-refractivity contribution is -0.870. The molecule has 3 unspecified atom stereocenters. The first-order valence-corrected chi connectivity index (χ1v) is 31.2. The minimum absolute atomic E-state index is 0.0585. The standard InChI is InChI=1S/C59H117N2O6P/c1-6-8-10-12-14-16-18-20-21-22-23-24-25-26-27-28-29-30-31-32-33-34-35-36-37-38-39-41-43-45-47-49-51-53-59(63)60-57(56-67-68(64,65)66-55-54-61(3,4)5)58(62)52-50-48-46-44-42-40-19-17-15-13-11-9-7-2/h42,44,50,52,57-58,62H,6-41,43,45-49,51,53-56H2,1-5H3,(H-,60,63,64,65)/p+1/b44-42+,52-50+. The summed E-state index contributed by atoms with van der Waals surface area (Å²) in [6.45, 7) is 4.82. The molecule has 0 aliphatic rings. The van der Waals surface area contributed by atoms with Crippen molar-refractivity contribution in [2.24, 2.45) is 0 Å². The summed E-state index contributed by atoms with van der Waals surface area (Å²) in [5.41, 5.74) is 0. The average Bonchev–Trinajstić information content (AvgIpc) is 3.30. The second-order valence-electron chi connectivity index (χ2n) is 21.7. The third-order valence-corrected chi connectivity index (χ3v) is 14.7. The number of hydrogen-bond acceptors (Lipinski definition) is 5. The molecule has 1 amide bonds. The van der Waals surface area contributed by atoms with Crippen molar-refractivity contribution in [3.05, 3.63) is 24.3 Å². The number of aliphatic hydroxyl groups is 1. The number of nitrogens with zero attached hydrogens (tertiary/aromatic N) is 1. The number of quaternary nitrogens is 1. The van der Waals surface area contributed by atoms with Gasteiger partial charge in [0, 0.05) is 6.42 Å². The quantitative estimate of drug-likeness (QED) is 0.0243. The zero-order valence-electron chi connectivity index (χ0n) is 46.1. The first-order valence-electron chi connectivity index (χ1n) is 29.7. The topological polar surface area (TPSA) is 105 Å². The van der Waals surface area contributed by atoms with Crippen LogP contribution in [0.4, 0.5) is 0 Å². The van der Waals surface area contributed by atoms with Crippen molar-refractivity contribution in [1.29, 1.82) is 0 Å². The summed E-state index contributed by atoms with van der Waals surface area (Å²) in [4.78, 5) is 23.2. The molecular formula is C59H118N2O6P+. The van der Waals surface area contributed by atoms with Crippen molar-refractivity contribution in [2.45, 2.75) is 309 Å². The maximum absolute atomic E-state index is 12.9. The lowest BCUT2D eigenvalue weighted by atomic mass is 10.0. The zero-order chi connectivity index (χ0) is 49.9. The Hall–Kier alpha value is -1.02. The third kappa shape index (κ3) is 52.8. The van der Waals surface area contributed by atoms with Crippen LogP contribution in [0.5, 0.6) is 0 Å². The normalized spacial score (nSPS) is 14.0. The summed E-state index contributed by atoms with van der Waals surface area (Å²) in [7, 11) is 1.57. The van der Waals surface area contributed by atoms with Gasteiger partial charge in [-0.25, -0.2) is 4.57 Å². The van der Waals surface area contributed by atoms with Crippen molar-refractivity contribution in [2.75, 3.05) is 40.9 Å². The smallest absolute Gasteiger partial charge is 0.387 e. The molecule has 0 aliphatic carbocycles. The Morgan fingerprint density at radius 1 is 0.485 bits per heavy atom. The first-order chi connectivity index (χ1) is 33.0. The van der Waals surface area contributed by atoms with Crippen LogP contribution < -0.4 is 5.32 Å². The summed E-state index contributed by atoms with van der Waals surface area (Å²) < 4.78 is 23.6. The number of likely N-dealkylation sites (N-methyl/N-ethyl adjacent to an activating group) is 1. The monoisotopic (exact) mass is 982 g/mol. The number of allylic oxidation sites excluding steroid dienone is 3. The average molecular weight is 983 g/mol. The van der Waals surface area contributed by atoms with Crippen molar-refractivity contribution in [1.82, 2.24) is 5.32 Å².